The Balaban J connectivity index is 2.03. The molecular weight excluding hydrogens is 304 g/mol. The van der Waals surface area contributed by atoms with Gasteiger partial charge in [0.1, 0.15) is 17.8 Å². The van der Waals surface area contributed by atoms with Gasteiger partial charge < -0.3 is 22.3 Å². The fourth-order valence-corrected chi connectivity index (χ4v) is 3.14. The summed E-state index contributed by atoms with van der Waals surface area (Å²) < 4.78 is 50.2. The molecule has 4 rings (SSSR count). The van der Waals surface area contributed by atoms with Crippen molar-refractivity contribution in [1.29, 1.82) is 0 Å². The Morgan fingerprint density at radius 2 is 2.04 bits per heavy atom. The number of nitrogens with zero attached hydrogens (tertiary/aromatic N) is 2. The van der Waals surface area contributed by atoms with Crippen molar-refractivity contribution in [3.63, 3.8) is 0 Å². The van der Waals surface area contributed by atoms with Gasteiger partial charge >= 0.3 is 6.97 Å². The van der Waals surface area contributed by atoms with Gasteiger partial charge in [0, 0.05) is 23.9 Å². The molecule has 116 valence electrons. The molecule has 0 saturated heterocycles. The number of ether oxygens (including phenoxy) is 1. The predicted octanol–water partition coefficient (Wildman–Crippen LogP) is 3.28. The maximum atomic E-state index is 14.6. The van der Waals surface area contributed by atoms with Crippen molar-refractivity contribution >= 4 is 18.8 Å². The van der Waals surface area contributed by atoms with Crippen molar-refractivity contribution in [2.75, 3.05) is 7.11 Å². The summed E-state index contributed by atoms with van der Waals surface area (Å²) in [6, 6.07) is 7.39. The highest BCUT2D eigenvalue weighted by Gasteiger charge is 2.51. The van der Waals surface area contributed by atoms with Gasteiger partial charge in [0.15, 0.2) is 5.70 Å². The average Bonchev–Trinajstić information content (AvgIpc) is 3.16. The molecule has 0 atom stereocenters. The monoisotopic (exact) mass is 316 g/mol. The topological polar surface area (TPSA) is 17.2 Å². The van der Waals surface area contributed by atoms with Gasteiger partial charge in [-0.2, -0.15) is 0 Å². The Labute approximate surface area is 130 Å². The predicted molar refractivity (Wildman–Crippen MR) is 82.2 cm³/mol. The second kappa shape index (κ2) is 4.65. The van der Waals surface area contributed by atoms with Gasteiger partial charge in [-0.15, -0.1) is 0 Å². The first kappa shape index (κ1) is 13.9. The van der Waals surface area contributed by atoms with Gasteiger partial charge in [0.25, 0.3) is 0 Å². The summed E-state index contributed by atoms with van der Waals surface area (Å²) in [7, 11) is 1.44. The van der Waals surface area contributed by atoms with Crippen molar-refractivity contribution in [1.82, 2.24) is 4.48 Å². The number of fused-ring (bicyclic) bond motifs is 2. The molecule has 2 aliphatic rings. The molecule has 3 heterocycles. The second-order valence-corrected chi connectivity index (χ2v) is 5.44. The van der Waals surface area contributed by atoms with Gasteiger partial charge in [0.2, 0.25) is 0 Å². The van der Waals surface area contributed by atoms with Gasteiger partial charge in [0.05, 0.1) is 12.7 Å². The molecule has 0 spiro atoms. The van der Waals surface area contributed by atoms with E-state index < -0.39 is 12.8 Å². The van der Waals surface area contributed by atoms with Crippen LogP contribution in [-0.2, 0) is 0 Å². The molecular formula is C16H12BF3N2O. The molecule has 2 aromatic rings. The van der Waals surface area contributed by atoms with Crippen LogP contribution in [0.1, 0.15) is 11.3 Å². The van der Waals surface area contributed by atoms with E-state index in [-0.39, 0.29) is 0 Å². The van der Waals surface area contributed by atoms with Crippen molar-refractivity contribution in [2.24, 2.45) is 0 Å². The maximum absolute atomic E-state index is 14.6. The summed E-state index contributed by atoms with van der Waals surface area (Å²) in [6.07, 6.45) is 5.86. The fraction of sp³-hybridized carbons (Fsp3) is 0.0625. The molecule has 3 nitrogen and oxygen atoms in total. The molecule has 0 saturated carbocycles. The Kier molecular flexibility index (Phi) is 2.82. The number of methoxy groups -OCH3 is 1. The van der Waals surface area contributed by atoms with Gasteiger partial charge in [-0.3, -0.25) is 0 Å². The average molecular weight is 316 g/mol. The first-order valence-electron chi connectivity index (χ1n) is 7.11. The zero-order valence-corrected chi connectivity index (χ0v) is 12.2. The van der Waals surface area contributed by atoms with E-state index in [0.717, 1.165) is 8.96 Å². The van der Waals surface area contributed by atoms with Gasteiger partial charge in [-0.25, -0.2) is 4.39 Å². The van der Waals surface area contributed by atoms with Crippen molar-refractivity contribution in [2.45, 2.75) is 0 Å². The normalized spacial score (nSPS) is 17.8. The lowest BCUT2D eigenvalue weighted by Gasteiger charge is -2.30. The van der Waals surface area contributed by atoms with E-state index in [1.54, 1.807) is 30.4 Å². The minimum atomic E-state index is -3.95. The van der Waals surface area contributed by atoms with E-state index in [1.807, 2.05) is 0 Å². The van der Waals surface area contributed by atoms with E-state index in [0.29, 0.717) is 28.3 Å². The molecule has 0 amide bonds. The summed E-state index contributed by atoms with van der Waals surface area (Å²) in [4.78, 5) is 0. The minimum absolute atomic E-state index is 0.339. The number of allylic oxidation sites excluding steroid dienone is 2. The van der Waals surface area contributed by atoms with Crippen LogP contribution in [0.15, 0.2) is 54.4 Å². The number of rotatable bonds is 2. The number of hydrogen-bond donors (Lipinski definition) is 0. The summed E-state index contributed by atoms with van der Waals surface area (Å²) in [5.74, 6) is -0.141. The number of halogens is 3. The quantitative estimate of drug-likeness (QED) is 0.777. The van der Waals surface area contributed by atoms with Crippen LogP contribution in [0.3, 0.4) is 0 Å². The van der Waals surface area contributed by atoms with Crippen LogP contribution in [0.4, 0.5) is 13.0 Å². The lowest BCUT2D eigenvalue weighted by atomic mass is 9.86. The molecule has 0 aliphatic carbocycles. The largest absolute Gasteiger partial charge is 0.737 e. The maximum Gasteiger partial charge on any atom is 0.737 e. The zero-order chi connectivity index (χ0) is 16.2. The molecule has 23 heavy (non-hydrogen) atoms. The van der Waals surface area contributed by atoms with Crippen LogP contribution in [0.5, 0.6) is 5.75 Å². The molecule has 1 aromatic heterocycles. The number of hydrogen-bond acceptors (Lipinski definition) is 1. The van der Waals surface area contributed by atoms with E-state index in [1.165, 1.54) is 31.7 Å². The van der Waals surface area contributed by atoms with Crippen LogP contribution in [0, 0.1) is 5.82 Å². The van der Waals surface area contributed by atoms with E-state index in [9.17, 15) is 13.0 Å². The van der Waals surface area contributed by atoms with E-state index in [4.69, 9.17) is 4.74 Å². The molecule has 1 aromatic carbocycles. The minimum Gasteiger partial charge on any atom is -0.497 e. The Hall–Kier alpha value is -2.70. The summed E-state index contributed by atoms with van der Waals surface area (Å²) in [5.41, 5.74) is 1.75. The summed E-state index contributed by atoms with van der Waals surface area (Å²) in [6.45, 7) is -3.95. The first-order chi connectivity index (χ1) is 11.0. The van der Waals surface area contributed by atoms with Crippen molar-refractivity contribution in [3.05, 3.63) is 71.5 Å². The van der Waals surface area contributed by atoms with Crippen molar-refractivity contribution in [3.8, 4) is 5.75 Å². The van der Waals surface area contributed by atoms with Crippen LogP contribution < -0.4 is 4.74 Å². The van der Waals surface area contributed by atoms with Gasteiger partial charge in [-0.1, -0.05) is 0 Å². The highest BCUT2D eigenvalue weighted by Crippen LogP contribution is 2.39. The Morgan fingerprint density at radius 1 is 1.22 bits per heavy atom. The number of aromatic nitrogens is 1. The van der Waals surface area contributed by atoms with Crippen LogP contribution in [0.25, 0.3) is 5.57 Å². The molecule has 7 heteroatoms. The third kappa shape index (κ3) is 1.89. The molecule has 0 fully saturated rings. The molecule has 0 bridgehead atoms. The Morgan fingerprint density at radius 3 is 2.83 bits per heavy atom. The van der Waals surface area contributed by atoms with E-state index >= 15 is 0 Å². The molecule has 2 aliphatic heterocycles. The summed E-state index contributed by atoms with van der Waals surface area (Å²) >= 11 is 0. The molecule has 0 N–H and O–H groups in total. The van der Waals surface area contributed by atoms with Gasteiger partial charge in [-0.05, 0) is 36.0 Å². The molecule has 0 radical (unpaired) electrons. The number of benzene rings is 1. The zero-order valence-electron chi connectivity index (χ0n) is 12.2. The van der Waals surface area contributed by atoms with Crippen LogP contribution in [0.2, 0.25) is 0 Å². The molecule has 0 unspecified atom stereocenters. The highest BCUT2D eigenvalue weighted by atomic mass is 19.2. The second-order valence-electron chi connectivity index (χ2n) is 5.44. The summed E-state index contributed by atoms with van der Waals surface area (Å²) in [5, 5.41) is 0. The third-order valence-electron chi connectivity index (χ3n) is 4.14. The smallest absolute Gasteiger partial charge is 0.497 e. The lowest BCUT2D eigenvalue weighted by molar-refractivity contribution is -0.356. The van der Waals surface area contributed by atoms with Crippen LogP contribution >= 0.6 is 0 Å². The van der Waals surface area contributed by atoms with Crippen LogP contribution in [-0.4, -0.2) is 29.3 Å². The standard InChI is InChI=1S/C16H12BF3N2O/c1-23-13-9-11(8-12(18)10-13)16-14-4-2-6-21(14)17(19,20)22-7-3-5-15(16)22/h2-10H,1H3. The van der Waals surface area contributed by atoms with E-state index in [2.05, 4.69) is 0 Å². The van der Waals surface area contributed by atoms with Crippen molar-refractivity contribution < 1.29 is 22.2 Å². The first-order valence-corrected chi connectivity index (χ1v) is 7.11. The fourth-order valence-electron chi connectivity index (χ4n) is 3.14. The lowest BCUT2D eigenvalue weighted by Crippen LogP contribution is -2.49. The third-order valence-corrected chi connectivity index (χ3v) is 4.14. The SMILES string of the molecule is COc1cc(F)cc(C2=C3C=CC=[N+]3[B-](F)(F)n3cccc32)c1. The highest BCUT2D eigenvalue weighted by molar-refractivity contribution is 6.57. The Bertz CT molecular complexity index is 912.